The first-order valence-corrected chi connectivity index (χ1v) is 7.07. The number of nitrogens with one attached hydrogen (secondary N) is 2. The molecule has 23 heavy (non-hydrogen) atoms. The standard InChI is InChI=1S/C15H14ClN3O4/c16-11-7-5-10(6-8-11)14(20)9-17-15(21)18-12-3-1-2-4-13(12)19(22)23/h1-8,14,20H,9H2,(H2,17,18,21). The van der Waals surface area contributed by atoms with E-state index in [4.69, 9.17) is 11.6 Å². The number of carbonyl (C=O) groups excluding carboxylic acids is 1. The van der Waals surface area contributed by atoms with Gasteiger partial charge in [0, 0.05) is 17.6 Å². The molecule has 0 bridgehead atoms. The van der Waals surface area contributed by atoms with E-state index in [9.17, 15) is 20.0 Å². The Bertz CT molecular complexity index is 706. The lowest BCUT2D eigenvalue weighted by Gasteiger charge is -2.13. The van der Waals surface area contributed by atoms with E-state index in [0.717, 1.165) is 0 Å². The predicted molar refractivity (Wildman–Crippen MR) is 86.5 cm³/mol. The Balaban J connectivity index is 1.93. The van der Waals surface area contributed by atoms with Gasteiger partial charge in [-0.3, -0.25) is 10.1 Å². The van der Waals surface area contributed by atoms with Crippen LogP contribution >= 0.6 is 11.6 Å². The molecule has 0 aliphatic rings. The zero-order valence-corrected chi connectivity index (χ0v) is 12.7. The number of urea groups is 1. The van der Waals surface area contributed by atoms with Gasteiger partial charge in [-0.25, -0.2) is 4.79 Å². The Morgan fingerprint density at radius 3 is 2.52 bits per heavy atom. The van der Waals surface area contributed by atoms with Gasteiger partial charge in [0.1, 0.15) is 5.69 Å². The summed E-state index contributed by atoms with van der Waals surface area (Å²) in [5, 5.41) is 26.2. The molecular formula is C15H14ClN3O4. The Labute approximate surface area is 137 Å². The molecule has 0 aliphatic heterocycles. The number of nitrogens with zero attached hydrogens (tertiary/aromatic N) is 1. The number of nitro benzene ring substituents is 1. The minimum atomic E-state index is -0.913. The molecule has 2 rings (SSSR count). The molecule has 0 saturated heterocycles. The molecule has 0 radical (unpaired) electrons. The maximum atomic E-state index is 11.8. The van der Waals surface area contributed by atoms with Crippen LogP contribution < -0.4 is 10.6 Å². The molecule has 2 amide bonds. The van der Waals surface area contributed by atoms with E-state index in [0.29, 0.717) is 10.6 Å². The molecule has 2 aromatic carbocycles. The van der Waals surface area contributed by atoms with E-state index >= 15 is 0 Å². The van der Waals surface area contributed by atoms with Gasteiger partial charge in [-0.05, 0) is 23.8 Å². The van der Waals surface area contributed by atoms with Gasteiger partial charge < -0.3 is 15.7 Å². The lowest BCUT2D eigenvalue weighted by molar-refractivity contribution is -0.383. The number of nitro groups is 1. The minimum Gasteiger partial charge on any atom is -0.387 e. The van der Waals surface area contributed by atoms with Gasteiger partial charge >= 0.3 is 6.03 Å². The van der Waals surface area contributed by atoms with E-state index in [-0.39, 0.29) is 17.9 Å². The summed E-state index contributed by atoms with van der Waals surface area (Å²) in [6.45, 7) is -0.0475. The molecule has 0 fully saturated rings. The summed E-state index contributed by atoms with van der Waals surface area (Å²) in [6.07, 6.45) is -0.913. The number of aliphatic hydroxyl groups is 1. The van der Waals surface area contributed by atoms with Gasteiger partial charge in [0.05, 0.1) is 11.0 Å². The van der Waals surface area contributed by atoms with E-state index in [2.05, 4.69) is 10.6 Å². The fourth-order valence-electron chi connectivity index (χ4n) is 1.90. The minimum absolute atomic E-state index is 0.0475. The number of rotatable bonds is 5. The Kier molecular flexibility index (Phi) is 5.51. The predicted octanol–water partition coefficient (Wildman–Crippen LogP) is 3.10. The number of carbonyl (C=O) groups is 1. The van der Waals surface area contributed by atoms with Crippen LogP contribution in [0.5, 0.6) is 0 Å². The average molecular weight is 336 g/mol. The maximum absolute atomic E-state index is 11.8. The van der Waals surface area contributed by atoms with Crippen LogP contribution in [-0.4, -0.2) is 22.6 Å². The summed E-state index contributed by atoms with van der Waals surface area (Å²) < 4.78 is 0. The second kappa shape index (κ2) is 7.57. The van der Waals surface area contributed by atoms with Crippen molar-refractivity contribution in [3.8, 4) is 0 Å². The number of halogens is 1. The van der Waals surface area contributed by atoms with Crippen molar-refractivity contribution in [1.82, 2.24) is 5.32 Å². The van der Waals surface area contributed by atoms with Crippen LogP contribution in [0.4, 0.5) is 16.2 Å². The van der Waals surface area contributed by atoms with Crippen LogP contribution in [0, 0.1) is 10.1 Å². The van der Waals surface area contributed by atoms with Crippen LogP contribution in [0.1, 0.15) is 11.7 Å². The van der Waals surface area contributed by atoms with Gasteiger partial charge in [0.15, 0.2) is 0 Å². The molecule has 1 atom stereocenters. The number of hydrogen-bond donors (Lipinski definition) is 3. The van der Waals surface area contributed by atoms with Crippen molar-refractivity contribution in [2.75, 3.05) is 11.9 Å². The van der Waals surface area contributed by atoms with E-state index in [1.807, 2.05) is 0 Å². The first-order valence-electron chi connectivity index (χ1n) is 6.69. The lowest BCUT2D eigenvalue weighted by atomic mass is 10.1. The molecule has 3 N–H and O–H groups in total. The summed E-state index contributed by atoms with van der Waals surface area (Å²) in [6, 6.07) is 11.7. The fraction of sp³-hybridized carbons (Fsp3) is 0.133. The van der Waals surface area contributed by atoms with Crippen LogP contribution in [-0.2, 0) is 0 Å². The van der Waals surface area contributed by atoms with Crippen LogP contribution in [0.15, 0.2) is 48.5 Å². The van der Waals surface area contributed by atoms with E-state index in [1.54, 1.807) is 30.3 Å². The number of anilines is 1. The number of para-hydroxylation sites is 2. The molecule has 0 heterocycles. The summed E-state index contributed by atoms with van der Waals surface area (Å²) in [5.41, 5.74) is 0.470. The van der Waals surface area contributed by atoms with Crippen molar-refractivity contribution in [3.05, 3.63) is 69.2 Å². The highest BCUT2D eigenvalue weighted by Crippen LogP contribution is 2.23. The largest absolute Gasteiger partial charge is 0.387 e. The zero-order chi connectivity index (χ0) is 16.8. The van der Waals surface area contributed by atoms with Gasteiger partial charge in [0.25, 0.3) is 5.69 Å². The third-order valence-electron chi connectivity index (χ3n) is 3.06. The van der Waals surface area contributed by atoms with Crippen LogP contribution in [0.2, 0.25) is 5.02 Å². The molecule has 2 aromatic rings. The Morgan fingerprint density at radius 1 is 1.22 bits per heavy atom. The number of benzene rings is 2. The summed E-state index contributed by atoms with van der Waals surface area (Å²) in [5.74, 6) is 0. The molecule has 0 saturated carbocycles. The number of amides is 2. The molecule has 8 heteroatoms. The van der Waals surface area contributed by atoms with Crippen molar-refractivity contribution in [1.29, 1.82) is 0 Å². The first-order chi connectivity index (χ1) is 11.0. The monoisotopic (exact) mass is 335 g/mol. The van der Waals surface area contributed by atoms with Gasteiger partial charge in [0.2, 0.25) is 0 Å². The van der Waals surface area contributed by atoms with Crippen LogP contribution in [0.25, 0.3) is 0 Å². The maximum Gasteiger partial charge on any atom is 0.319 e. The quantitative estimate of drug-likeness (QED) is 0.576. The molecule has 0 aromatic heterocycles. The third-order valence-corrected chi connectivity index (χ3v) is 3.31. The van der Waals surface area contributed by atoms with Crippen molar-refractivity contribution < 1.29 is 14.8 Å². The van der Waals surface area contributed by atoms with Crippen molar-refractivity contribution in [2.24, 2.45) is 0 Å². The number of hydrogen-bond acceptors (Lipinski definition) is 4. The summed E-state index contributed by atoms with van der Waals surface area (Å²) in [4.78, 5) is 22.1. The van der Waals surface area contributed by atoms with E-state index in [1.165, 1.54) is 18.2 Å². The molecule has 7 nitrogen and oxygen atoms in total. The SMILES string of the molecule is O=C(NCC(O)c1ccc(Cl)cc1)Nc1ccccc1[N+](=O)[O-]. The highest BCUT2D eigenvalue weighted by atomic mass is 35.5. The lowest BCUT2D eigenvalue weighted by Crippen LogP contribution is -2.32. The van der Waals surface area contributed by atoms with Crippen molar-refractivity contribution in [2.45, 2.75) is 6.10 Å². The molecular weight excluding hydrogens is 322 g/mol. The first kappa shape index (κ1) is 16.7. The van der Waals surface area contributed by atoms with Gasteiger partial charge in [-0.15, -0.1) is 0 Å². The third kappa shape index (κ3) is 4.67. The number of aliphatic hydroxyl groups excluding tert-OH is 1. The summed E-state index contributed by atoms with van der Waals surface area (Å²) >= 11 is 5.76. The van der Waals surface area contributed by atoms with Crippen molar-refractivity contribution in [3.63, 3.8) is 0 Å². The van der Waals surface area contributed by atoms with Gasteiger partial charge in [-0.2, -0.15) is 0 Å². The second-order valence-corrected chi connectivity index (χ2v) is 5.11. The summed E-state index contributed by atoms with van der Waals surface area (Å²) in [7, 11) is 0. The molecule has 120 valence electrons. The van der Waals surface area contributed by atoms with Gasteiger partial charge in [-0.1, -0.05) is 35.9 Å². The smallest absolute Gasteiger partial charge is 0.319 e. The van der Waals surface area contributed by atoms with E-state index < -0.39 is 17.1 Å². The highest BCUT2D eigenvalue weighted by Gasteiger charge is 2.15. The Hall–Kier alpha value is -2.64. The topological polar surface area (TPSA) is 104 Å². The Morgan fingerprint density at radius 2 is 1.87 bits per heavy atom. The second-order valence-electron chi connectivity index (χ2n) is 4.68. The molecule has 0 aliphatic carbocycles. The fourth-order valence-corrected chi connectivity index (χ4v) is 2.02. The van der Waals surface area contributed by atoms with Crippen molar-refractivity contribution >= 4 is 29.0 Å². The molecule has 1 unspecified atom stereocenters. The average Bonchev–Trinajstić information content (AvgIpc) is 2.53. The normalized spacial score (nSPS) is 11.6. The molecule has 0 spiro atoms. The van der Waals surface area contributed by atoms with Crippen LogP contribution in [0.3, 0.4) is 0 Å². The highest BCUT2D eigenvalue weighted by molar-refractivity contribution is 6.30. The zero-order valence-electron chi connectivity index (χ0n) is 11.9.